The molecule has 2 aromatic rings. The summed E-state index contributed by atoms with van der Waals surface area (Å²) < 4.78 is 0. The van der Waals surface area contributed by atoms with E-state index in [1.807, 2.05) is 12.1 Å². The maximum Gasteiger partial charge on any atom is 0.101 e. The summed E-state index contributed by atoms with van der Waals surface area (Å²) >= 11 is 1.73. The van der Waals surface area contributed by atoms with Crippen molar-refractivity contribution in [2.75, 3.05) is 5.73 Å². The Morgan fingerprint density at radius 1 is 1.22 bits per heavy atom. The highest BCUT2D eigenvalue weighted by Crippen LogP contribution is 2.26. The average molecular weight is 254 g/mol. The van der Waals surface area contributed by atoms with E-state index in [2.05, 4.69) is 37.3 Å². The molecule has 90 valence electrons. The van der Waals surface area contributed by atoms with Crippen LogP contribution in [0.5, 0.6) is 0 Å². The molecule has 0 unspecified atom stereocenters. The lowest BCUT2D eigenvalue weighted by Crippen LogP contribution is -1.90. The molecule has 0 aliphatic rings. The summed E-state index contributed by atoms with van der Waals surface area (Å²) in [7, 11) is 0. The van der Waals surface area contributed by atoms with Gasteiger partial charge in [0.15, 0.2) is 0 Å². The Morgan fingerprint density at radius 2 is 2.06 bits per heavy atom. The lowest BCUT2D eigenvalue weighted by molar-refractivity contribution is 1.34. The van der Waals surface area contributed by atoms with E-state index in [4.69, 9.17) is 11.0 Å². The summed E-state index contributed by atoms with van der Waals surface area (Å²) in [6.45, 7) is 2.09. The van der Waals surface area contributed by atoms with Crippen molar-refractivity contribution in [2.24, 2.45) is 0 Å². The van der Waals surface area contributed by atoms with Gasteiger partial charge in [0.25, 0.3) is 0 Å². The molecule has 0 saturated heterocycles. The molecule has 3 heteroatoms. The molecular formula is C15H14N2S. The number of nitriles is 1. The largest absolute Gasteiger partial charge is 0.398 e. The van der Waals surface area contributed by atoms with Crippen molar-refractivity contribution >= 4 is 17.4 Å². The van der Waals surface area contributed by atoms with Crippen LogP contribution in [-0.4, -0.2) is 0 Å². The smallest absolute Gasteiger partial charge is 0.101 e. The Morgan fingerprint density at radius 3 is 2.72 bits per heavy atom. The molecule has 0 spiro atoms. The van der Waals surface area contributed by atoms with Crippen molar-refractivity contribution in [1.82, 2.24) is 0 Å². The minimum absolute atomic E-state index is 0.537. The topological polar surface area (TPSA) is 49.8 Å². The monoisotopic (exact) mass is 254 g/mol. The third kappa shape index (κ3) is 3.06. The zero-order chi connectivity index (χ0) is 13.0. The van der Waals surface area contributed by atoms with E-state index in [1.165, 1.54) is 11.1 Å². The third-order valence-electron chi connectivity index (χ3n) is 2.63. The molecule has 18 heavy (non-hydrogen) atoms. The summed E-state index contributed by atoms with van der Waals surface area (Å²) in [6.07, 6.45) is 0. The predicted octanol–water partition coefficient (Wildman–Crippen LogP) is 3.74. The van der Waals surface area contributed by atoms with E-state index >= 15 is 0 Å². The highest BCUT2D eigenvalue weighted by Gasteiger charge is 2.01. The second-order valence-corrected chi connectivity index (χ2v) is 5.19. The Bertz CT molecular complexity index is 600. The van der Waals surface area contributed by atoms with Crippen LogP contribution in [0.3, 0.4) is 0 Å². The van der Waals surface area contributed by atoms with Crippen LogP contribution in [-0.2, 0) is 5.75 Å². The first-order chi connectivity index (χ1) is 8.69. The standard InChI is InChI=1S/C15H14N2S/c1-11-3-2-4-12(7-11)10-18-14-6-5-13(9-16)15(17)8-14/h2-8H,10,17H2,1H3. The highest BCUT2D eigenvalue weighted by atomic mass is 32.2. The maximum absolute atomic E-state index is 8.81. The number of thioether (sulfide) groups is 1. The molecule has 0 bridgehead atoms. The maximum atomic E-state index is 8.81. The number of hydrogen-bond donors (Lipinski definition) is 1. The van der Waals surface area contributed by atoms with E-state index < -0.39 is 0 Å². The molecule has 0 aromatic heterocycles. The van der Waals surface area contributed by atoms with Crippen molar-refractivity contribution in [3.8, 4) is 6.07 Å². The van der Waals surface area contributed by atoms with Crippen LogP contribution in [0.25, 0.3) is 0 Å². The molecule has 0 radical (unpaired) electrons. The van der Waals surface area contributed by atoms with Gasteiger partial charge in [-0.2, -0.15) is 5.26 Å². The van der Waals surface area contributed by atoms with Gasteiger partial charge in [0, 0.05) is 10.6 Å². The fourth-order valence-electron chi connectivity index (χ4n) is 1.70. The number of nitrogens with zero attached hydrogens (tertiary/aromatic N) is 1. The quantitative estimate of drug-likeness (QED) is 0.670. The molecule has 0 aliphatic heterocycles. The van der Waals surface area contributed by atoms with Crippen LogP contribution >= 0.6 is 11.8 Å². The van der Waals surface area contributed by atoms with Crippen molar-refractivity contribution in [1.29, 1.82) is 5.26 Å². The first kappa shape index (κ1) is 12.5. The number of nitrogen functional groups attached to an aromatic ring is 1. The molecule has 0 saturated carbocycles. The van der Waals surface area contributed by atoms with Gasteiger partial charge in [0.1, 0.15) is 6.07 Å². The molecule has 0 atom stereocenters. The van der Waals surface area contributed by atoms with Gasteiger partial charge in [-0.3, -0.25) is 0 Å². The minimum Gasteiger partial charge on any atom is -0.398 e. The number of anilines is 1. The van der Waals surface area contributed by atoms with E-state index in [1.54, 1.807) is 17.8 Å². The van der Waals surface area contributed by atoms with Gasteiger partial charge >= 0.3 is 0 Å². The SMILES string of the molecule is Cc1cccc(CSc2ccc(C#N)c(N)c2)c1. The van der Waals surface area contributed by atoms with E-state index in [-0.39, 0.29) is 0 Å². The lowest BCUT2D eigenvalue weighted by atomic mass is 10.2. The first-order valence-electron chi connectivity index (χ1n) is 5.67. The summed E-state index contributed by atoms with van der Waals surface area (Å²) in [5.41, 5.74) is 9.44. The van der Waals surface area contributed by atoms with Gasteiger partial charge in [0.2, 0.25) is 0 Å². The van der Waals surface area contributed by atoms with Crippen molar-refractivity contribution in [3.05, 3.63) is 59.2 Å². The van der Waals surface area contributed by atoms with Gasteiger partial charge in [-0.15, -0.1) is 11.8 Å². The summed E-state index contributed by atoms with van der Waals surface area (Å²) in [5.74, 6) is 0.910. The van der Waals surface area contributed by atoms with Crippen LogP contribution in [0.15, 0.2) is 47.4 Å². The van der Waals surface area contributed by atoms with Gasteiger partial charge < -0.3 is 5.73 Å². The number of nitrogens with two attached hydrogens (primary N) is 1. The number of hydrogen-bond acceptors (Lipinski definition) is 3. The van der Waals surface area contributed by atoms with Gasteiger partial charge in [0.05, 0.1) is 11.3 Å². The fraction of sp³-hybridized carbons (Fsp3) is 0.133. The second-order valence-electron chi connectivity index (χ2n) is 4.14. The molecule has 0 heterocycles. The second kappa shape index (κ2) is 5.61. The predicted molar refractivity (Wildman–Crippen MR) is 76.3 cm³/mol. The summed E-state index contributed by atoms with van der Waals surface area (Å²) in [5, 5.41) is 8.81. The molecule has 2 aromatic carbocycles. The van der Waals surface area contributed by atoms with Crippen molar-refractivity contribution in [2.45, 2.75) is 17.6 Å². The number of rotatable bonds is 3. The lowest BCUT2D eigenvalue weighted by Gasteiger charge is -2.05. The Balaban J connectivity index is 2.07. The van der Waals surface area contributed by atoms with Crippen molar-refractivity contribution in [3.63, 3.8) is 0 Å². The van der Waals surface area contributed by atoms with Gasteiger partial charge in [-0.05, 0) is 30.7 Å². The molecule has 0 fully saturated rings. The normalized spacial score (nSPS) is 10.0. The van der Waals surface area contributed by atoms with Gasteiger partial charge in [-0.1, -0.05) is 29.8 Å². The van der Waals surface area contributed by atoms with Crippen LogP contribution in [0, 0.1) is 18.3 Å². The van der Waals surface area contributed by atoms with Crippen molar-refractivity contribution < 1.29 is 0 Å². The average Bonchev–Trinajstić information content (AvgIpc) is 2.37. The van der Waals surface area contributed by atoms with E-state index in [0.29, 0.717) is 11.3 Å². The Kier molecular flexibility index (Phi) is 3.91. The van der Waals surface area contributed by atoms with E-state index in [9.17, 15) is 0 Å². The molecule has 2 nitrogen and oxygen atoms in total. The number of benzene rings is 2. The van der Waals surface area contributed by atoms with Crippen LogP contribution < -0.4 is 5.73 Å². The zero-order valence-corrected chi connectivity index (χ0v) is 11.0. The van der Waals surface area contributed by atoms with Gasteiger partial charge in [-0.25, -0.2) is 0 Å². The molecule has 2 N–H and O–H groups in total. The third-order valence-corrected chi connectivity index (χ3v) is 3.70. The zero-order valence-electron chi connectivity index (χ0n) is 10.2. The molecule has 0 aliphatic carbocycles. The van der Waals surface area contributed by atoms with Crippen LogP contribution in [0.1, 0.15) is 16.7 Å². The summed E-state index contributed by atoms with van der Waals surface area (Å²) in [6, 6.07) is 16.1. The Labute approximate surface area is 111 Å². The van der Waals surface area contributed by atoms with Crippen LogP contribution in [0.4, 0.5) is 5.69 Å². The minimum atomic E-state index is 0.537. The number of aryl methyl sites for hydroxylation is 1. The molecule has 2 rings (SSSR count). The summed E-state index contributed by atoms with van der Waals surface area (Å²) in [4.78, 5) is 1.09. The molecule has 0 amide bonds. The van der Waals surface area contributed by atoms with E-state index in [0.717, 1.165) is 10.6 Å². The fourth-order valence-corrected chi connectivity index (χ4v) is 2.59. The molecular weight excluding hydrogens is 240 g/mol. The first-order valence-corrected chi connectivity index (χ1v) is 6.65. The Hall–Kier alpha value is -1.92. The van der Waals surface area contributed by atoms with Crippen LogP contribution in [0.2, 0.25) is 0 Å². The highest BCUT2D eigenvalue weighted by molar-refractivity contribution is 7.98.